The minimum Gasteiger partial charge on any atom is -0.507 e. The van der Waals surface area contributed by atoms with Crippen LogP contribution in [-0.4, -0.2) is 24.9 Å². The van der Waals surface area contributed by atoms with Crippen LogP contribution in [0.15, 0.2) is 18.2 Å². The number of rotatable bonds is 1. The van der Waals surface area contributed by atoms with Gasteiger partial charge in [0.25, 0.3) is 0 Å². The van der Waals surface area contributed by atoms with Crippen molar-refractivity contribution >= 4 is 0 Å². The zero-order valence-corrected chi connectivity index (χ0v) is 8.23. The van der Waals surface area contributed by atoms with E-state index in [0.717, 1.165) is 18.7 Å². The molecule has 0 spiro atoms. The van der Waals surface area contributed by atoms with Gasteiger partial charge in [0.15, 0.2) is 0 Å². The van der Waals surface area contributed by atoms with E-state index in [1.807, 2.05) is 12.1 Å². The molecule has 2 rings (SSSR count). The van der Waals surface area contributed by atoms with Crippen molar-refractivity contribution in [2.24, 2.45) is 0 Å². The van der Waals surface area contributed by atoms with Gasteiger partial charge in [-0.15, -0.1) is 0 Å². The molecule has 0 bridgehead atoms. The number of nitrogens with zero attached hydrogens (tertiary/aromatic N) is 1. The number of phenols is 1. The Morgan fingerprint density at radius 1 is 1.53 bits per heavy atom. The van der Waals surface area contributed by atoms with Crippen LogP contribution in [0.4, 0.5) is 0 Å². The van der Waals surface area contributed by atoms with Crippen molar-refractivity contribution in [3.05, 3.63) is 29.3 Å². The second-order valence-electron chi connectivity index (χ2n) is 3.47. The molecule has 1 saturated heterocycles. The molecule has 1 aromatic carbocycles. The van der Waals surface area contributed by atoms with Gasteiger partial charge < -0.3 is 15.2 Å². The molecule has 1 aliphatic heterocycles. The van der Waals surface area contributed by atoms with Crippen LogP contribution in [0.2, 0.25) is 0 Å². The number of phenolic OH excluding ortho intramolecular Hbond substituents is 1. The van der Waals surface area contributed by atoms with Crippen molar-refractivity contribution in [2.45, 2.75) is 6.04 Å². The molecule has 2 N–H and O–H groups in total. The number of nitriles is 1. The molecule has 0 aromatic heterocycles. The highest BCUT2D eigenvalue weighted by molar-refractivity contribution is 5.45. The number of hydrogen-bond acceptors (Lipinski definition) is 4. The Kier molecular flexibility index (Phi) is 2.86. The standard InChI is InChI=1S/C11H12N2O2/c12-6-9-5-8(1-2-11(9)14)10-7-15-4-3-13-10/h1-2,5,10,13-14H,3-4,7H2. The summed E-state index contributed by atoms with van der Waals surface area (Å²) in [6, 6.07) is 7.12. The zero-order chi connectivity index (χ0) is 10.7. The van der Waals surface area contributed by atoms with Crippen LogP contribution >= 0.6 is 0 Å². The average Bonchev–Trinajstić information content (AvgIpc) is 2.31. The maximum absolute atomic E-state index is 9.36. The van der Waals surface area contributed by atoms with E-state index in [-0.39, 0.29) is 11.8 Å². The van der Waals surface area contributed by atoms with Crippen LogP contribution in [0, 0.1) is 11.3 Å². The third-order valence-corrected chi connectivity index (χ3v) is 2.47. The predicted molar refractivity (Wildman–Crippen MR) is 54.4 cm³/mol. The number of benzene rings is 1. The number of morpholine rings is 1. The highest BCUT2D eigenvalue weighted by Crippen LogP contribution is 2.22. The topological polar surface area (TPSA) is 65.3 Å². The highest BCUT2D eigenvalue weighted by Gasteiger charge is 2.16. The molecule has 1 unspecified atom stereocenters. The summed E-state index contributed by atoms with van der Waals surface area (Å²) in [4.78, 5) is 0. The molecule has 78 valence electrons. The highest BCUT2D eigenvalue weighted by atomic mass is 16.5. The summed E-state index contributed by atoms with van der Waals surface area (Å²) in [5, 5.41) is 21.4. The summed E-state index contributed by atoms with van der Waals surface area (Å²) < 4.78 is 5.33. The van der Waals surface area contributed by atoms with Gasteiger partial charge >= 0.3 is 0 Å². The lowest BCUT2D eigenvalue weighted by Gasteiger charge is -2.24. The summed E-state index contributed by atoms with van der Waals surface area (Å²) in [6.07, 6.45) is 0. The quantitative estimate of drug-likeness (QED) is 0.714. The molecule has 1 atom stereocenters. The van der Waals surface area contributed by atoms with E-state index in [1.54, 1.807) is 12.1 Å². The van der Waals surface area contributed by atoms with E-state index >= 15 is 0 Å². The van der Waals surface area contributed by atoms with Crippen LogP contribution in [0.1, 0.15) is 17.2 Å². The fourth-order valence-corrected chi connectivity index (χ4v) is 1.64. The normalized spacial score (nSPS) is 20.9. The Labute approximate surface area is 88.1 Å². The fraction of sp³-hybridized carbons (Fsp3) is 0.364. The van der Waals surface area contributed by atoms with E-state index < -0.39 is 0 Å². The summed E-state index contributed by atoms with van der Waals surface area (Å²) in [5.74, 6) is 0.0259. The second-order valence-corrected chi connectivity index (χ2v) is 3.47. The number of ether oxygens (including phenoxy) is 1. The van der Waals surface area contributed by atoms with Gasteiger partial charge in [0, 0.05) is 6.54 Å². The maximum atomic E-state index is 9.36. The number of nitrogens with one attached hydrogen (secondary N) is 1. The lowest BCUT2D eigenvalue weighted by Crippen LogP contribution is -2.34. The molecular weight excluding hydrogens is 192 g/mol. The van der Waals surface area contributed by atoms with Gasteiger partial charge in [0.2, 0.25) is 0 Å². The second kappa shape index (κ2) is 4.30. The van der Waals surface area contributed by atoms with Gasteiger partial charge in [-0.25, -0.2) is 0 Å². The lowest BCUT2D eigenvalue weighted by molar-refractivity contribution is 0.0768. The zero-order valence-electron chi connectivity index (χ0n) is 8.23. The molecule has 1 aliphatic rings. The fourth-order valence-electron chi connectivity index (χ4n) is 1.64. The number of aromatic hydroxyl groups is 1. The predicted octanol–water partition coefficient (Wildman–Crippen LogP) is 0.925. The van der Waals surface area contributed by atoms with Crippen molar-refractivity contribution in [2.75, 3.05) is 19.8 Å². The summed E-state index contributed by atoms with van der Waals surface area (Å²) >= 11 is 0. The molecule has 1 aromatic rings. The van der Waals surface area contributed by atoms with Crippen LogP contribution in [0.5, 0.6) is 5.75 Å². The minimum atomic E-state index is 0.0259. The van der Waals surface area contributed by atoms with Crippen molar-refractivity contribution in [3.8, 4) is 11.8 Å². The molecule has 4 nitrogen and oxygen atoms in total. The van der Waals surface area contributed by atoms with Crippen molar-refractivity contribution in [1.82, 2.24) is 5.32 Å². The molecule has 0 radical (unpaired) electrons. The molecule has 1 heterocycles. The molecule has 1 fully saturated rings. The molecule has 15 heavy (non-hydrogen) atoms. The van der Waals surface area contributed by atoms with E-state index in [9.17, 15) is 5.11 Å². The maximum Gasteiger partial charge on any atom is 0.133 e. The largest absolute Gasteiger partial charge is 0.507 e. The third kappa shape index (κ3) is 2.09. The van der Waals surface area contributed by atoms with Gasteiger partial charge in [0.05, 0.1) is 24.8 Å². The van der Waals surface area contributed by atoms with E-state index in [4.69, 9.17) is 10.00 Å². The Hall–Kier alpha value is -1.57. The SMILES string of the molecule is N#Cc1cc(C2COCCN2)ccc1O. The Balaban J connectivity index is 2.25. The van der Waals surface area contributed by atoms with Gasteiger partial charge in [-0.1, -0.05) is 6.07 Å². The van der Waals surface area contributed by atoms with Gasteiger partial charge in [0.1, 0.15) is 11.8 Å². The Morgan fingerprint density at radius 3 is 3.07 bits per heavy atom. The Bertz CT molecular complexity index is 392. The first-order valence-electron chi connectivity index (χ1n) is 4.85. The van der Waals surface area contributed by atoms with Crippen molar-refractivity contribution < 1.29 is 9.84 Å². The molecule has 4 heteroatoms. The van der Waals surface area contributed by atoms with Crippen molar-refractivity contribution in [1.29, 1.82) is 5.26 Å². The first-order chi connectivity index (χ1) is 7.31. The third-order valence-electron chi connectivity index (χ3n) is 2.47. The molecule has 0 amide bonds. The monoisotopic (exact) mass is 204 g/mol. The number of hydrogen-bond donors (Lipinski definition) is 2. The lowest BCUT2D eigenvalue weighted by atomic mass is 10.0. The van der Waals surface area contributed by atoms with Crippen molar-refractivity contribution in [3.63, 3.8) is 0 Å². The summed E-state index contributed by atoms with van der Waals surface area (Å²) in [5.41, 5.74) is 1.28. The van der Waals surface area contributed by atoms with Gasteiger partial charge in [-0.05, 0) is 17.7 Å². The first kappa shape index (κ1) is 9.97. The van der Waals surface area contributed by atoms with Crippen LogP contribution in [0.25, 0.3) is 0 Å². The minimum absolute atomic E-state index is 0.0259. The van der Waals surface area contributed by atoms with Gasteiger partial charge in [-0.2, -0.15) is 5.26 Å². The van der Waals surface area contributed by atoms with Crippen LogP contribution in [0.3, 0.4) is 0 Å². The summed E-state index contributed by atoms with van der Waals surface area (Å²) in [7, 11) is 0. The van der Waals surface area contributed by atoms with E-state index in [0.29, 0.717) is 12.2 Å². The summed E-state index contributed by atoms with van der Waals surface area (Å²) in [6.45, 7) is 2.14. The van der Waals surface area contributed by atoms with E-state index in [2.05, 4.69) is 5.32 Å². The molecule has 0 aliphatic carbocycles. The van der Waals surface area contributed by atoms with Crippen LogP contribution in [-0.2, 0) is 4.74 Å². The smallest absolute Gasteiger partial charge is 0.133 e. The first-order valence-corrected chi connectivity index (χ1v) is 4.85. The van der Waals surface area contributed by atoms with Crippen LogP contribution < -0.4 is 5.32 Å². The molecular formula is C11H12N2O2. The van der Waals surface area contributed by atoms with Gasteiger partial charge in [-0.3, -0.25) is 0 Å². The average molecular weight is 204 g/mol. The van der Waals surface area contributed by atoms with E-state index in [1.165, 1.54) is 0 Å². The molecule has 0 saturated carbocycles. The Morgan fingerprint density at radius 2 is 2.40 bits per heavy atom.